The van der Waals surface area contributed by atoms with Crippen LogP contribution in [0.3, 0.4) is 0 Å². The Kier molecular flexibility index (Phi) is 8.47. The molecule has 56 heavy (non-hydrogen) atoms. The first-order valence-electron chi connectivity index (χ1n) is 18.8. The lowest BCUT2D eigenvalue weighted by Crippen LogP contribution is -1.97. The smallest absolute Gasteiger partial charge is 0.160 e. The van der Waals surface area contributed by atoms with Crippen LogP contribution in [0.4, 0.5) is 0 Å². The fourth-order valence-electron chi connectivity index (χ4n) is 7.34. The maximum Gasteiger partial charge on any atom is 0.160 e. The van der Waals surface area contributed by atoms with E-state index in [1.165, 1.54) is 22.1 Å². The molecule has 2 aromatic heterocycles. The first-order valence-corrected chi connectivity index (χ1v) is 18.8. The molecule has 0 radical (unpaired) electrons. The third-order valence-corrected chi connectivity index (χ3v) is 10.3. The normalized spacial score (nSPS) is 11.2. The largest absolute Gasteiger partial charge is 0.228 e. The minimum atomic E-state index is 0.672. The number of nitrogens with zero attached hydrogens (tertiary/aromatic N) is 4. The van der Waals surface area contributed by atoms with E-state index in [2.05, 4.69) is 158 Å². The third kappa shape index (κ3) is 6.50. The number of fused-ring (bicyclic) bond motifs is 2. The molecular weight excluding hydrogens is 681 g/mol. The van der Waals surface area contributed by atoms with Gasteiger partial charge in [-0.15, -0.1) is 0 Å². The molecule has 0 saturated heterocycles. The Labute approximate surface area is 325 Å². The minimum absolute atomic E-state index is 0.672. The van der Waals surface area contributed by atoms with Gasteiger partial charge in [-0.3, -0.25) is 0 Å². The molecule has 0 fully saturated rings. The lowest BCUT2D eigenvalue weighted by Gasteiger charge is -2.12. The summed E-state index contributed by atoms with van der Waals surface area (Å²) < 4.78 is 0. The molecule has 0 aliphatic rings. The van der Waals surface area contributed by atoms with Crippen LogP contribution in [-0.4, -0.2) is 19.9 Å². The molecule has 4 heteroatoms. The highest BCUT2D eigenvalue weighted by molar-refractivity contribution is 5.94. The second kappa shape index (κ2) is 14.3. The third-order valence-electron chi connectivity index (χ3n) is 10.3. The van der Waals surface area contributed by atoms with E-state index >= 15 is 0 Å². The average molecular weight is 715 g/mol. The molecular formula is C52H34N4. The zero-order chi connectivity index (χ0) is 37.3. The second-order valence-electron chi connectivity index (χ2n) is 13.9. The van der Waals surface area contributed by atoms with Crippen LogP contribution in [0.15, 0.2) is 206 Å². The van der Waals surface area contributed by atoms with Gasteiger partial charge in [0.2, 0.25) is 0 Å². The van der Waals surface area contributed by atoms with Crippen molar-refractivity contribution in [3.63, 3.8) is 0 Å². The summed E-state index contributed by atoms with van der Waals surface area (Å²) in [5.41, 5.74) is 13.2. The summed E-state index contributed by atoms with van der Waals surface area (Å²) in [6.45, 7) is 0. The fraction of sp³-hybridized carbons (Fsp3) is 0. The predicted octanol–water partition coefficient (Wildman–Crippen LogP) is 13.2. The topological polar surface area (TPSA) is 51.6 Å². The van der Waals surface area contributed by atoms with Crippen LogP contribution in [0.2, 0.25) is 0 Å². The molecule has 0 amide bonds. The number of aromatic nitrogens is 4. The molecule has 0 aliphatic heterocycles. The molecule has 0 aliphatic carbocycles. The lowest BCUT2D eigenvalue weighted by molar-refractivity contribution is 1.18. The molecule has 2 heterocycles. The van der Waals surface area contributed by atoms with Crippen molar-refractivity contribution in [1.29, 1.82) is 0 Å². The second-order valence-corrected chi connectivity index (χ2v) is 13.9. The zero-order valence-corrected chi connectivity index (χ0v) is 30.4. The van der Waals surface area contributed by atoms with Crippen molar-refractivity contribution in [2.75, 3.05) is 0 Å². The van der Waals surface area contributed by atoms with Gasteiger partial charge in [-0.2, -0.15) is 0 Å². The van der Waals surface area contributed by atoms with E-state index in [0.29, 0.717) is 11.6 Å². The minimum Gasteiger partial charge on any atom is -0.228 e. The quantitative estimate of drug-likeness (QED) is 0.165. The van der Waals surface area contributed by atoms with Crippen molar-refractivity contribution in [3.8, 4) is 78.8 Å². The molecule has 10 rings (SSSR count). The molecule has 0 atom stereocenters. The molecule has 0 saturated carbocycles. The molecule has 0 unspecified atom stereocenters. The standard InChI is InChI=1S/C52H34N4/c1-4-12-35(13-5-1)37-20-24-40(25-21-37)51-54-48(34-49(55-51)45-31-30-43-32-42(28-29-44(43)33-45)36-14-6-2-7-15-36)38-22-26-41(27-23-38)52-53-47-19-11-10-18-46(47)50(56-52)39-16-8-3-9-17-39/h1-34H. The molecule has 10 aromatic rings. The zero-order valence-electron chi connectivity index (χ0n) is 30.4. The van der Waals surface area contributed by atoms with Gasteiger partial charge < -0.3 is 0 Å². The number of benzene rings is 8. The number of hydrogen-bond donors (Lipinski definition) is 0. The van der Waals surface area contributed by atoms with Crippen LogP contribution < -0.4 is 0 Å². The molecule has 0 N–H and O–H groups in total. The van der Waals surface area contributed by atoms with E-state index in [1.54, 1.807) is 0 Å². The Bertz CT molecular complexity index is 2980. The summed E-state index contributed by atoms with van der Waals surface area (Å²) in [6.07, 6.45) is 0. The summed E-state index contributed by atoms with van der Waals surface area (Å²) in [6, 6.07) is 71.6. The van der Waals surface area contributed by atoms with Gasteiger partial charge in [-0.25, -0.2) is 19.9 Å². The van der Waals surface area contributed by atoms with Crippen molar-refractivity contribution in [2.45, 2.75) is 0 Å². The van der Waals surface area contributed by atoms with Gasteiger partial charge in [0, 0.05) is 33.2 Å². The molecule has 0 bridgehead atoms. The maximum atomic E-state index is 5.18. The Morgan fingerprint density at radius 1 is 0.250 bits per heavy atom. The predicted molar refractivity (Wildman–Crippen MR) is 231 cm³/mol. The van der Waals surface area contributed by atoms with Crippen molar-refractivity contribution in [2.24, 2.45) is 0 Å². The highest BCUT2D eigenvalue weighted by Gasteiger charge is 2.15. The Morgan fingerprint density at radius 3 is 1.32 bits per heavy atom. The van der Waals surface area contributed by atoms with Gasteiger partial charge in [0.25, 0.3) is 0 Å². The molecule has 262 valence electrons. The van der Waals surface area contributed by atoms with E-state index in [-0.39, 0.29) is 0 Å². The van der Waals surface area contributed by atoms with Crippen LogP contribution >= 0.6 is 0 Å². The Morgan fingerprint density at radius 2 is 0.679 bits per heavy atom. The van der Waals surface area contributed by atoms with Crippen molar-refractivity contribution in [3.05, 3.63) is 206 Å². The van der Waals surface area contributed by atoms with Gasteiger partial charge in [0.05, 0.1) is 22.6 Å². The fourth-order valence-corrected chi connectivity index (χ4v) is 7.34. The monoisotopic (exact) mass is 714 g/mol. The van der Waals surface area contributed by atoms with Gasteiger partial charge >= 0.3 is 0 Å². The first-order chi connectivity index (χ1) is 27.7. The van der Waals surface area contributed by atoms with Crippen LogP contribution in [0.25, 0.3) is 100 Å². The van der Waals surface area contributed by atoms with Crippen molar-refractivity contribution in [1.82, 2.24) is 19.9 Å². The Hall–Kier alpha value is -7.56. The van der Waals surface area contributed by atoms with Crippen LogP contribution in [0, 0.1) is 0 Å². The number of para-hydroxylation sites is 1. The van der Waals surface area contributed by atoms with E-state index in [0.717, 1.165) is 66.8 Å². The van der Waals surface area contributed by atoms with E-state index in [4.69, 9.17) is 19.9 Å². The van der Waals surface area contributed by atoms with E-state index < -0.39 is 0 Å². The SMILES string of the molecule is c1ccc(-c2ccc(-c3nc(-c4ccc(-c5nc(-c6ccccc6)c6ccccc6n5)cc4)cc(-c4ccc5cc(-c6ccccc6)ccc5c4)n3)cc2)cc1. The lowest BCUT2D eigenvalue weighted by atomic mass is 9.98. The maximum absolute atomic E-state index is 5.18. The summed E-state index contributed by atoms with van der Waals surface area (Å²) in [4.78, 5) is 20.4. The van der Waals surface area contributed by atoms with Crippen LogP contribution in [0.5, 0.6) is 0 Å². The Balaban J connectivity index is 1.05. The van der Waals surface area contributed by atoms with Crippen molar-refractivity contribution >= 4 is 21.7 Å². The van der Waals surface area contributed by atoms with Gasteiger partial charge in [-0.05, 0) is 57.3 Å². The number of hydrogen-bond acceptors (Lipinski definition) is 4. The highest BCUT2D eigenvalue weighted by atomic mass is 14.9. The molecule has 0 spiro atoms. The highest BCUT2D eigenvalue weighted by Crippen LogP contribution is 2.34. The molecule has 4 nitrogen and oxygen atoms in total. The summed E-state index contributed by atoms with van der Waals surface area (Å²) in [5, 5.41) is 3.37. The van der Waals surface area contributed by atoms with Crippen LogP contribution in [0.1, 0.15) is 0 Å². The van der Waals surface area contributed by atoms with Gasteiger partial charge in [0.1, 0.15) is 0 Å². The van der Waals surface area contributed by atoms with Crippen molar-refractivity contribution < 1.29 is 0 Å². The first kappa shape index (κ1) is 33.0. The average Bonchev–Trinajstić information content (AvgIpc) is 3.29. The van der Waals surface area contributed by atoms with Gasteiger partial charge in [-0.1, -0.05) is 182 Å². The summed E-state index contributed by atoms with van der Waals surface area (Å²) >= 11 is 0. The van der Waals surface area contributed by atoms with Crippen LogP contribution in [-0.2, 0) is 0 Å². The number of rotatable bonds is 7. The summed E-state index contributed by atoms with van der Waals surface area (Å²) in [7, 11) is 0. The molecule has 8 aromatic carbocycles. The van der Waals surface area contributed by atoms with E-state index in [9.17, 15) is 0 Å². The van der Waals surface area contributed by atoms with E-state index in [1.807, 2.05) is 48.5 Å². The van der Waals surface area contributed by atoms with Gasteiger partial charge in [0.15, 0.2) is 11.6 Å². The summed E-state index contributed by atoms with van der Waals surface area (Å²) in [5.74, 6) is 1.36.